The minimum absolute atomic E-state index is 0.0875. The molecular formula is C25H24N4O4. The van der Waals surface area contributed by atoms with Gasteiger partial charge in [0, 0.05) is 41.3 Å². The third-order valence-electron chi connectivity index (χ3n) is 5.35. The molecule has 0 aliphatic heterocycles. The Balaban J connectivity index is 1.49. The number of ether oxygens (including phenoxy) is 2. The van der Waals surface area contributed by atoms with Crippen LogP contribution in [-0.2, 0) is 13.1 Å². The second-order valence-electron chi connectivity index (χ2n) is 7.44. The third kappa shape index (κ3) is 4.95. The molecule has 8 heteroatoms. The second-order valence-corrected chi connectivity index (χ2v) is 7.44. The van der Waals surface area contributed by atoms with Gasteiger partial charge in [-0.05, 0) is 29.3 Å². The Hall–Kier alpha value is -4.33. The minimum atomic E-state index is -0.390. The zero-order chi connectivity index (χ0) is 23.2. The molecule has 0 saturated carbocycles. The van der Waals surface area contributed by atoms with Crippen LogP contribution in [0.3, 0.4) is 0 Å². The van der Waals surface area contributed by atoms with Crippen LogP contribution in [0.4, 0.5) is 5.69 Å². The highest BCUT2D eigenvalue weighted by Crippen LogP contribution is 2.27. The fourth-order valence-electron chi connectivity index (χ4n) is 3.67. The van der Waals surface area contributed by atoms with Crippen LogP contribution in [0.25, 0.3) is 10.9 Å². The summed E-state index contributed by atoms with van der Waals surface area (Å²) in [6.45, 7) is 1.14. The van der Waals surface area contributed by atoms with Gasteiger partial charge in [-0.25, -0.2) is 0 Å². The van der Waals surface area contributed by atoms with Crippen molar-refractivity contribution in [2.75, 3.05) is 14.2 Å². The largest absolute Gasteiger partial charge is 0.493 e. The maximum atomic E-state index is 10.9. The number of rotatable bonds is 9. The summed E-state index contributed by atoms with van der Waals surface area (Å²) in [5, 5.41) is 16.4. The number of non-ortho nitro benzene ring substituents is 1. The lowest BCUT2D eigenvalue weighted by atomic mass is 10.2. The highest BCUT2D eigenvalue weighted by molar-refractivity contribution is 5.99. The normalized spacial score (nSPS) is 11.1. The lowest BCUT2D eigenvalue weighted by molar-refractivity contribution is -0.384. The average Bonchev–Trinajstić information content (AvgIpc) is 3.19. The van der Waals surface area contributed by atoms with Crippen molar-refractivity contribution in [1.29, 1.82) is 0 Å². The first-order valence-electron chi connectivity index (χ1n) is 10.4. The van der Waals surface area contributed by atoms with Gasteiger partial charge in [-0.2, -0.15) is 5.10 Å². The van der Waals surface area contributed by atoms with E-state index in [1.807, 2.05) is 36.5 Å². The van der Waals surface area contributed by atoms with E-state index in [0.29, 0.717) is 24.6 Å². The number of nitro benzene ring substituents is 1. The van der Waals surface area contributed by atoms with Gasteiger partial charge in [0.1, 0.15) is 0 Å². The molecule has 0 aliphatic carbocycles. The molecule has 0 unspecified atom stereocenters. The number of nitrogens with one attached hydrogen (secondary N) is 1. The van der Waals surface area contributed by atoms with E-state index in [9.17, 15) is 10.1 Å². The molecule has 3 aromatic carbocycles. The Labute approximate surface area is 191 Å². The standard InChI is InChI=1S/C25H24N4O4/c1-32-24-12-9-19(13-25(24)33-2)14-26-27-15-20-17-28(23-6-4-3-5-22(20)23)16-18-7-10-21(11-8-18)29(30)31/h3-13,15,17,26H,14,16H2,1-2H3/b27-15+. The Morgan fingerprint density at radius 2 is 1.73 bits per heavy atom. The van der Waals surface area contributed by atoms with E-state index in [-0.39, 0.29) is 5.69 Å². The molecule has 0 fully saturated rings. The summed E-state index contributed by atoms with van der Waals surface area (Å²) in [4.78, 5) is 10.5. The van der Waals surface area contributed by atoms with Crippen molar-refractivity contribution in [3.63, 3.8) is 0 Å². The number of fused-ring (bicyclic) bond motifs is 1. The van der Waals surface area contributed by atoms with Crippen molar-refractivity contribution in [1.82, 2.24) is 9.99 Å². The SMILES string of the molecule is COc1ccc(CN/N=C/c2cn(Cc3ccc([N+](=O)[O-])cc3)c3ccccc23)cc1OC. The number of hydrogen-bond acceptors (Lipinski definition) is 6. The fraction of sp³-hybridized carbons (Fsp3) is 0.160. The summed E-state index contributed by atoms with van der Waals surface area (Å²) in [5.74, 6) is 1.36. The van der Waals surface area contributed by atoms with Crippen LogP contribution >= 0.6 is 0 Å². The van der Waals surface area contributed by atoms with E-state index in [1.165, 1.54) is 12.1 Å². The fourth-order valence-corrected chi connectivity index (χ4v) is 3.67. The molecule has 33 heavy (non-hydrogen) atoms. The molecule has 0 radical (unpaired) electrons. The number of nitro groups is 1. The average molecular weight is 444 g/mol. The Bertz CT molecular complexity index is 1300. The lowest BCUT2D eigenvalue weighted by Gasteiger charge is -2.09. The number of methoxy groups -OCH3 is 2. The number of hydrazone groups is 1. The van der Waals surface area contributed by atoms with Gasteiger partial charge in [0.05, 0.1) is 31.9 Å². The molecule has 0 aliphatic rings. The molecular weight excluding hydrogens is 420 g/mol. The van der Waals surface area contributed by atoms with Gasteiger partial charge in [0.15, 0.2) is 11.5 Å². The van der Waals surface area contributed by atoms with Gasteiger partial charge in [0.25, 0.3) is 5.69 Å². The summed E-state index contributed by atoms with van der Waals surface area (Å²) in [7, 11) is 3.22. The number of para-hydroxylation sites is 1. The molecule has 4 rings (SSSR count). The zero-order valence-electron chi connectivity index (χ0n) is 18.4. The van der Waals surface area contributed by atoms with E-state index >= 15 is 0 Å². The summed E-state index contributed by atoms with van der Waals surface area (Å²) < 4.78 is 12.7. The topological polar surface area (TPSA) is 90.9 Å². The number of benzene rings is 3. The number of hydrogen-bond donors (Lipinski definition) is 1. The summed E-state index contributed by atoms with van der Waals surface area (Å²) in [6, 6.07) is 20.5. The Morgan fingerprint density at radius 3 is 2.45 bits per heavy atom. The first-order valence-corrected chi connectivity index (χ1v) is 10.4. The molecule has 0 atom stereocenters. The van der Waals surface area contributed by atoms with Crippen LogP contribution in [0.2, 0.25) is 0 Å². The first-order chi connectivity index (χ1) is 16.1. The van der Waals surface area contributed by atoms with E-state index < -0.39 is 4.92 Å². The van der Waals surface area contributed by atoms with Crippen molar-refractivity contribution < 1.29 is 14.4 Å². The van der Waals surface area contributed by atoms with Crippen molar-refractivity contribution in [2.24, 2.45) is 5.10 Å². The summed E-state index contributed by atoms with van der Waals surface area (Å²) in [5.41, 5.74) is 7.21. The van der Waals surface area contributed by atoms with Crippen LogP contribution in [-0.4, -0.2) is 29.9 Å². The maximum Gasteiger partial charge on any atom is 0.269 e. The molecule has 168 valence electrons. The molecule has 1 heterocycles. The zero-order valence-corrected chi connectivity index (χ0v) is 18.4. The van der Waals surface area contributed by atoms with Gasteiger partial charge in [-0.1, -0.05) is 36.4 Å². The van der Waals surface area contributed by atoms with Gasteiger partial charge in [-0.3, -0.25) is 10.1 Å². The van der Waals surface area contributed by atoms with E-state index in [4.69, 9.17) is 9.47 Å². The molecule has 1 N–H and O–H groups in total. The van der Waals surface area contributed by atoms with Crippen molar-refractivity contribution in [2.45, 2.75) is 13.1 Å². The molecule has 0 spiro atoms. The smallest absolute Gasteiger partial charge is 0.269 e. The molecule has 4 aromatic rings. The summed E-state index contributed by atoms with van der Waals surface area (Å²) >= 11 is 0. The van der Waals surface area contributed by atoms with Crippen LogP contribution < -0.4 is 14.9 Å². The Morgan fingerprint density at radius 1 is 1.00 bits per heavy atom. The second kappa shape index (κ2) is 9.86. The van der Waals surface area contributed by atoms with E-state index in [0.717, 1.165) is 27.6 Å². The van der Waals surface area contributed by atoms with E-state index in [2.05, 4.69) is 27.2 Å². The monoisotopic (exact) mass is 444 g/mol. The maximum absolute atomic E-state index is 10.9. The van der Waals surface area contributed by atoms with Gasteiger partial charge in [-0.15, -0.1) is 0 Å². The molecule has 0 bridgehead atoms. The van der Waals surface area contributed by atoms with Gasteiger partial charge in [0.2, 0.25) is 0 Å². The van der Waals surface area contributed by atoms with Gasteiger partial charge >= 0.3 is 0 Å². The lowest BCUT2D eigenvalue weighted by Crippen LogP contribution is -2.06. The highest BCUT2D eigenvalue weighted by Gasteiger charge is 2.09. The van der Waals surface area contributed by atoms with Crippen molar-refractivity contribution >= 4 is 22.8 Å². The quantitative estimate of drug-likeness (QED) is 0.229. The number of nitrogens with zero attached hydrogens (tertiary/aromatic N) is 3. The summed E-state index contributed by atoms with van der Waals surface area (Å²) in [6.07, 6.45) is 3.84. The van der Waals surface area contributed by atoms with Crippen molar-refractivity contribution in [3.8, 4) is 11.5 Å². The van der Waals surface area contributed by atoms with Crippen LogP contribution in [0, 0.1) is 10.1 Å². The first kappa shape index (κ1) is 21.9. The van der Waals surface area contributed by atoms with Gasteiger partial charge < -0.3 is 19.5 Å². The number of aromatic nitrogens is 1. The predicted molar refractivity (Wildman–Crippen MR) is 128 cm³/mol. The van der Waals surface area contributed by atoms with Crippen molar-refractivity contribution in [3.05, 3.63) is 99.7 Å². The highest BCUT2D eigenvalue weighted by atomic mass is 16.6. The molecule has 0 amide bonds. The molecule has 8 nitrogen and oxygen atoms in total. The third-order valence-corrected chi connectivity index (χ3v) is 5.35. The minimum Gasteiger partial charge on any atom is -0.493 e. The molecule has 1 aromatic heterocycles. The van der Waals surface area contributed by atoms with Crippen LogP contribution in [0.5, 0.6) is 11.5 Å². The van der Waals surface area contributed by atoms with Crippen LogP contribution in [0.1, 0.15) is 16.7 Å². The molecule has 0 saturated heterocycles. The van der Waals surface area contributed by atoms with Crippen LogP contribution in [0.15, 0.2) is 78.0 Å². The Kier molecular flexibility index (Phi) is 6.54. The van der Waals surface area contributed by atoms with E-state index in [1.54, 1.807) is 32.6 Å². The predicted octanol–water partition coefficient (Wildman–Crippen LogP) is 4.74.